The Hall–Kier alpha value is -2.83. The minimum Gasteiger partial charge on any atom is -0.394 e. The van der Waals surface area contributed by atoms with E-state index in [1.807, 2.05) is 0 Å². The van der Waals surface area contributed by atoms with E-state index in [-0.39, 0.29) is 18.1 Å². The molecule has 0 radical (unpaired) electrons. The Bertz CT molecular complexity index is 1040. The van der Waals surface area contributed by atoms with E-state index >= 15 is 0 Å². The number of alkyl halides is 1. The topological polar surface area (TPSA) is 146 Å². The molecule has 1 aliphatic rings. The SMILES string of the molecule is Cn1ccc(Cn2c(=O)n([C@@H]3O[C@H](CO)[C@@H](F)[C@H]3O)c3nc(N)ncc32)n1. The van der Waals surface area contributed by atoms with Gasteiger partial charge in [0, 0.05) is 13.2 Å². The summed E-state index contributed by atoms with van der Waals surface area (Å²) in [6.45, 7) is -0.519. The van der Waals surface area contributed by atoms with Crippen molar-refractivity contribution in [1.82, 2.24) is 28.9 Å². The van der Waals surface area contributed by atoms with Crippen molar-refractivity contribution in [2.75, 3.05) is 12.3 Å². The largest absolute Gasteiger partial charge is 0.394 e. The molecule has 0 spiro atoms. The first kappa shape index (κ1) is 17.6. The number of nitrogen functional groups attached to an aromatic ring is 1. The number of rotatable bonds is 4. The maximum atomic E-state index is 14.2. The Labute approximate surface area is 151 Å². The molecule has 4 atom stereocenters. The maximum Gasteiger partial charge on any atom is 0.332 e. The zero-order chi connectivity index (χ0) is 19.3. The average molecular weight is 379 g/mol. The summed E-state index contributed by atoms with van der Waals surface area (Å²) in [5.74, 6) is -0.0887. The molecule has 1 fully saturated rings. The van der Waals surface area contributed by atoms with E-state index in [4.69, 9.17) is 10.5 Å². The first-order valence-corrected chi connectivity index (χ1v) is 8.21. The standard InChI is InChI=1S/C15H18FN7O4/c1-21-3-2-7(20-21)5-22-8-4-18-14(17)19-12(8)23(15(22)26)13-11(25)10(16)9(6-24)27-13/h2-4,9-11,13,24-25H,5-6H2,1H3,(H2,17,18,19)/t9-,10-,11-,13-/m1/s1. The number of halogens is 1. The van der Waals surface area contributed by atoms with Crippen LogP contribution >= 0.6 is 0 Å². The van der Waals surface area contributed by atoms with Gasteiger partial charge in [-0.25, -0.2) is 18.7 Å². The van der Waals surface area contributed by atoms with Crippen molar-refractivity contribution in [3.05, 3.63) is 34.6 Å². The number of anilines is 1. The van der Waals surface area contributed by atoms with Crippen molar-refractivity contribution in [3.63, 3.8) is 0 Å². The molecular weight excluding hydrogens is 361 g/mol. The number of ether oxygens (including phenoxy) is 1. The third-order valence-corrected chi connectivity index (χ3v) is 4.54. The fourth-order valence-corrected chi connectivity index (χ4v) is 3.23. The van der Waals surface area contributed by atoms with E-state index in [0.29, 0.717) is 11.2 Å². The van der Waals surface area contributed by atoms with Crippen LogP contribution in [0.15, 0.2) is 23.3 Å². The molecule has 1 saturated heterocycles. The summed E-state index contributed by atoms with van der Waals surface area (Å²) in [5, 5.41) is 23.7. The number of hydrogen-bond acceptors (Lipinski definition) is 8. The Kier molecular flexibility index (Phi) is 4.17. The minimum atomic E-state index is -1.85. The number of hydrogen-bond donors (Lipinski definition) is 3. The van der Waals surface area contributed by atoms with Gasteiger partial charge in [0.05, 0.1) is 25.0 Å². The lowest BCUT2D eigenvalue weighted by molar-refractivity contribution is -0.0513. The van der Waals surface area contributed by atoms with Crippen LogP contribution in [0.2, 0.25) is 0 Å². The summed E-state index contributed by atoms with van der Waals surface area (Å²) < 4.78 is 23.5. The molecule has 27 heavy (non-hydrogen) atoms. The third kappa shape index (κ3) is 2.78. The number of imidazole rings is 1. The Morgan fingerprint density at radius 1 is 1.44 bits per heavy atom. The molecule has 11 nitrogen and oxygen atoms in total. The van der Waals surface area contributed by atoms with Crippen LogP contribution in [-0.4, -0.2) is 64.1 Å². The summed E-state index contributed by atoms with van der Waals surface area (Å²) >= 11 is 0. The van der Waals surface area contributed by atoms with Gasteiger partial charge >= 0.3 is 5.69 Å². The van der Waals surface area contributed by atoms with Gasteiger partial charge in [-0.15, -0.1) is 0 Å². The number of aromatic nitrogens is 6. The lowest BCUT2D eigenvalue weighted by atomic mass is 10.1. The summed E-state index contributed by atoms with van der Waals surface area (Å²) in [5.41, 5.74) is 6.09. The van der Waals surface area contributed by atoms with Crippen LogP contribution in [0, 0.1) is 0 Å². The number of fused-ring (bicyclic) bond motifs is 1. The highest BCUT2D eigenvalue weighted by atomic mass is 19.1. The van der Waals surface area contributed by atoms with Crippen LogP contribution in [0.1, 0.15) is 11.9 Å². The lowest BCUT2D eigenvalue weighted by Gasteiger charge is -2.15. The predicted octanol–water partition coefficient (Wildman–Crippen LogP) is -1.45. The van der Waals surface area contributed by atoms with Gasteiger partial charge in [0.2, 0.25) is 5.95 Å². The Morgan fingerprint density at radius 3 is 2.85 bits per heavy atom. The van der Waals surface area contributed by atoms with Gasteiger partial charge in [-0.05, 0) is 6.07 Å². The maximum absolute atomic E-state index is 14.2. The van der Waals surface area contributed by atoms with Crippen molar-refractivity contribution < 1.29 is 19.3 Å². The molecule has 1 aliphatic heterocycles. The molecule has 3 aromatic heterocycles. The van der Waals surface area contributed by atoms with Gasteiger partial charge in [-0.2, -0.15) is 10.1 Å². The molecule has 0 aliphatic carbocycles. The Morgan fingerprint density at radius 2 is 2.22 bits per heavy atom. The normalized spacial score (nSPS) is 25.5. The van der Waals surface area contributed by atoms with Crippen LogP contribution in [0.4, 0.5) is 10.3 Å². The highest BCUT2D eigenvalue weighted by molar-refractivity contribution is 5.72. The number of nitrogens with two attached hydrogens (primary N) is 1. The number of nitrogens with zero attached hydrogens (tertiary/aromatic N) is 6. The average Bonchev–Trinajstić information content (AvgIpc) is 3.25. The van der Waals surface area contributed by atoms with E-state index in [9.17, 15) is 19.4 Å². The first-order chi connectivity index (χ1) is 12.9. The van der Waals surface area contributed by atoms with Crippen molar-refractivity contribution in [2.45, 2.75) is 31.2 Å². The second-order valence-corrected chi connectivity index (χ2v) is 6.34. The van der Waals surface area contributed by atoms with Crippen molar-refractivity contribution in [2.24, 2.45) is 7.05 Å². The monoisotopic (exact) mass is 379 g/mol. The van der Waals surface area contributed by atoms with E-state index in [1.165, 1.54) is 10.8 Å². The van der Waals surface area contributed by atoms with Crippen LogP contribution in [0.25, 0.3) is 11.2 Å². The lowest BCUT2D eigenvalue weighted by Crippen LogP contribution is -2.34. The van der Waals surface area contributed by atoms with Gasteiger partial charge in [0.25, 0.3) is 0 Å². The summed E-state index contributed by atoms with van der Waals surface area (Å²) in [4.78, 5) is 21.0. The van der Waals surface area contributed by atoms with Crippen LogP contribution < -0.4 is 11.4 Å². The van der Waals surface area contributed by atoms with E-state index in [2.05, 4.69) is 15.1 Å². The molecule has 12 heteroatoms. The second-order valence-electron chi connectivity index (χ2n) is 6.34. The molecular formula is C15H18FN7O4. The quantitative estimate of drug-likeness (QED) is 0.499. The second kappa shape index (κ2) is 6.40. The fourth-order valence-electron chi connectivity index (χ4n) is 3.23. The summed E-state index contributed by atoms with van der Waals surface area (Å²) in [7, 11) is 1.75. The van der Waals surface area contributed by atoms with Crippen molar-refractivity contribution >= 4 is 17.1 Å². The fraction of sp³-hybridized carbons (Fsp3) is 0.467. The predicted molar refractivity (Wildman–Crippen MR) is 90.4 cm³/mol. The van der Waals surface area contributed by atoms with Crippen molar-refractivity contribution in [1.29, 1.82) is 0 Å². The summed E-state index contributed by atoms with van der Waals surface area (Å²) in [6, 6.07) is 1.74. The zero-order valence-corrected chi connectivity index (χ0v) is 14.3. The minimum absolute atomic E-state index is 0.0887. The number of aryl methyl sites for hydroxylation is 1. The molecule has 0 bridgehead atoms. The van der Waals surface area contributed by atoms with Crippen molar-refractivity contribution in [3.8, 4) is 0 Å². The van der Waals surface area contributed by atoms with Gasteiger partial charge in [-0.3, -0.25) is 9.25 Å². The third-order valence-electron chi connectivity index (χ3n) is 4.54. The highest BCUT2D eigenvalue weighted by Crippen LogP contribution is 2.32. The molecule has 4 N–H and O–H groups in total. The molecule has 0 amide bonds. The smallest absolute Gasteiger partial charge is 0.332 e. The molecule has 144 valence electrons. The van der Waals surface area contributed by atoms with E-state index in [1.54, 1.807) is 24.0 Å². The van der Waals surface area contributed by atoms with Crippen LogP contribution in [-0.2, 0) is 18.3 Å². The van der Waals surface area contributed by atoms with Gasteiger partial charge in [0.1, 0.15) is 17.7 Å². The Balaban J connectivity index is 1.87. The molecule has 0 aromatic carbocycles. The molecule has 4 rings (SSSR count). The van der Waals surface area contributed by atoms with Gasteiger partial charge in [0.15, 0.2) is 18.0 Å². The molecule has 0 saturated carbocycles. The number of aliphatic hydroxyl groups excluding tert-OH is 2. The van der Waals surface area contributed by atoms with Crippen LogP contribution in [0.3, 0.4) is 0 Å². The van der Waals surface area contributed by atoms with Crippen LogP contribution in [0.5, 0.6) is 0 Å². The van der Waals surface area contributed by atoms with E-state index in [0.717, 1.165) is 4.57 Å². The molecule has 3 aromatic rings. The zero-order valence-electron chi connectivity index (χ0n) is 14.3. The summed E-state index contributed by atoms with van der Waals surface area (Å²) in [6.07, 6.45) is -2.99. The first-order valence-electron chi connectivity index (χ1n) is 8.21. The van der Waals surface area contributed by atoms with Gasteiger partial charge < -0.3 is 20.7 Å². The molecule has 4 heterocycles. The van der Waals surface area contributed by atoms with E-state index < -0.39 is 36.9 Å². The molecule has 0 unspecified atom stereocenters. The highest BCUT2D eigenvalue weighted by Gasteiger charge is 2.46. The van der Waals surface area contributed by atoms with Gasteiger partial charge in [-0.1, -0.05) is 0 Å². The number of aliphatic hydroxyl groups is 2.